The highest BCUT2D eigenvalue weighted by molar-refractivity contribution is 4.89. The average molecular weight is 139 g/mol. The maximum absolute atomic E-state index is 9.18. The Kier molecular flexibility index (Phi) is 2.73. The number of piperidine rings is 1. The molecule has 0 aromatic heterocycles. The van der Waals surface area contributed by atoms with E-state index in [1.165, 1.54) is 0 Å². The van der Waals surface area contributed by atoms with Crippen LogP contribution < -0.4 is 5.32 Å². The van der Waals surface area contributed by atoms with Gasteiger partial charge in [0.1, 0.15) is 0 Å². The summed E-state index contributed by atoms with van der Waals surface area (Å²) in [5.74, 6) is 3.09. The van der Waals surface area contributed by atoms with Crippen LogP contribution in [0.2, 0.25) is 0 Å². The number of nitrogens with one attached hydrogen (secondary N) is 1. The van der Waals surface area contributed by atoms with Gasteiger partial charge in [-0.15, -0.1) is 12.3 Å². The van der Waals surface area contributed by atoms with Gasteiger partial charge in [-0.3, -0.25) is 0 Å². The van der Waals surface area contributed by atoms with Gasteiger partial charge in [0.25, 0.3) is 0 Å². The quantitative estimate of drug-likeness (QED) is 0.500. The molecule has 0 radical (unpaired) electrons. The third-order valence-electron chi connectivity index (χ3n) is 1.82. The zero-order valence-corrected chi connectivity index (χ0v) is 6.01. The summed E-state index contributed by atoms with van der Waals surface area (Å²) in [6.07, 6.45) is 6.60. The molecule has 10 heavy (non-hydrogen) atoms. The van der Waals surface area contributed by atoms with Gasteiger partial charge in [-0.25, -0.2) is 0 Å². The molecule has 1 heterocycles. The number of hydrogen-bond acceptors (Lipinski definition) is 2. The van der Waals surface area contributed by atoms with Crippen molar-refractivity contribution in [1.82, 2.24) is 5.32 Å². The topological polar surface area (TPSA) is 32.3 Å². The minimum atomic E-state index is -0.188. The molecular weight excluding hydrogens is 126 g/mol. The van der Waals surface area contributed by atoms with Gasteiger partial charge in [0, 0.05) is 13.0 Å². The van der Waals surface area contributed by atoms with Crippen molar-refractivity contribution < 1.29 is 5.11 Å². The molecule has 1 aliphatic rings. The van der Waals surface area contributed by atoms with Gasteiger partial charge < -0.3 is 10.4 Å². The van der Waals surface area contributed by atoms with Gasteiger partial charge in [0.15, 0.2) is 0 Å². The molecule has 2 unspecified atom stereocenters. The molecule has 0 aromatic rings. The molecular formula is C8H13NO. The smallest absolute Gasteiger partial charge is 0.0668 e. The second kappa shape index (κ2) is 3.60. The first-order chi connectivity index (χ1) is 4.83. The Labute approximate surface area is 61.6 Å². The molecule has 1 saturated heterocycles. The van der Waals surface area contributed by atoms with E-state index in [0.717, 1.165) is 25.9 Å². The summed E-state index contributed by atoms with van der Waals surface area (Å²) in [6.45, 7) is 1.68. The number of β-amino-alcohol motifs (C(OH)–C–C–N with tert-alkyl or cyclic N) is 1. The lowest BCUT2D eigenvalue weighted by Gasteiger charge is -2.25. The predicted molar refractivity (Wildman–Crippen MR) is 40.4 cm³/mol. The third kappa shape index (κ3) is 2.02. The van der Waals surface area contributed by atoms with E-state index in [2.05, 4.69) is 11.2 Å². The van der Waals surface area contributed by atoms with E-state index in [4.69, 9.17) is 6.42 Å². The van der Waals surface area contributed by atoms with Crippen molar-refractivity contribution in [2.24, 2.45) is 5.92 Å². The Morgan fingerprint density at radius 2 is 2.40 bits per heavy atom. The van der Waals surface area contributed by atoms with E-state index < -0.39 is 0 Å². The molecule has 0 saturated carbocycles. The van der Waals surface area contributed by atoms with Crippen molar-refractivity contribution in [3.63, 3.8) is 0 Å². The SMILES string of the molecule is C#CCC1CNCC(O)C1. The molecule has 2 atom stereocenters. The number of aliphatic hydroxyl groups is 1. The van der Waals surface area contributed by atoms with Crippen LogP contribution in [0.4, 0.5) is 0 Å². The largest absolute Gasteiger partial charge is 0.392 e. The van der Waals surface area contributed by atoms with Crippen LogP contribution in [0.15, 0.2) is 0 Å². The molecule has 1 rings (SSSR count). The Balaban J connectivity index is 2.27. The molecule has 1 aliphatic heterocycles. The van der Waals surface area contributed by atoms with Crippen LogP contribution >= 0.6 is 0 Å². The van der Waals surface area contributed by atoms with Gasteiger partial charge in [-0.05, 0) is 18.9 Å². The summed E-state index contributed by atoms with van der Waals surface area (Å²) in [5, 5.41) is 12.3. The van der Waals surface area contributed by atoms with Gasteiger partial charge >= 0.3 is 0 Å². The first-order valence-corrected chi connectivity index (χ1v) is 3.65. The van der Waals surface area contributed by atoms with Gasteiger partial charge in [-0.2, -0.15) is 0 Å². The zero-order valence-electron chi connectivity index (χ0n) is 6.01. The van der Waals surface area contributed by atoms with E-state index in [-0.39, 0.29) is 6.10 Å². The Bertz CT molecular complexity index is 139. The maximum Gasteiger partial charge on any atom is 0.0668 e. The third-order valence-corrected chi connectivity index (χ3v) is 1.82. The number of rotatable bonds is 1. The van der Waals surface area contributed by atoms with E-state index in [1.54, 1.807) is 0 Å². The first kappa shape index (κ1) is 7.59. The Morgan fingerprint density at radius 1 is 1.60 bits per heavy atom. The normalized spacial score (nSPS) is 33.2. The van der Waals surface area contributed by atoms with Crippen molar-refractivity contribution in [2.75, 3.05) is 13.1 Å². The predicted octanol–water partition coefficient (Wildman–Crippen LogP) is -0.0199. The molecule has 2 N–H and O–H groups in total. The monoisotopic (exact) mass is 139 g/mol. The summed E-state index contributed by atoms with van der Waals surface area (Å²) >= 11 is 0. The fraction of sp³-hybridized carbons (Fsp3) is 0.750. The van der Waals surface area contributed by atoms with Crippen molar-refractivity contribution >= 4 is 0 Å². The van der Waals surface area contributed by atoms with Crippen molar-refractivity contribution in [3.05, 3.63) is 0 Å². The highest BCUT2D eigenvalue weighted by Crippen LogP contribution is 2.13. The van der Waals surface area contributed by atoms with Crippen molar-refractivity contribution in [1.29, 1.82) is 0 Å². The zero-order chi connectivity index (χ0) is 7.40. The number of hydrogen-bond donors (Lipinski definition) is 2. The van der Waals surface area contributed by atoms with Crippen LogP contribution in [0.3, 0.4) is 0 Å². The van der Waals surface area contributed by atoms with Crippen LogP contribution in [0.25, 0.3) is 0 Å². The molecule has 56 valence electrons. The second-order valence-electron chi connectivity index (χ2n) is 2.82. The second-order valence-corrected chi connectivity index (χ2v) is 2.82. The summed E-state index contributed by atoms with van der Waals surface area (Å²) < 4.78 is 0. The lowest BCUT2D eigenvalue weighted by molar-refractivity contribution is 0.116. The van der Waals surface area contributed by atoms with Gasteiger partial charge in [-0.1, -0.05) is 0 Å². The summed E-state index contributed by atoms with van der Waals surface area (Å²) in [6, 6.07) is 0. The summed E-state index contributed by atoms with van der Waals surface area (Å²) in [5.41, 5.74) is 0. The first-order valence-electron chi connectivity index (χ1n) is 3.65. The van der Waals surface area contributed by atoms with E-state index in [9.17, 15) is 5.11 Å². The van der Waals surface area contributed by atoms with Crippen LogP contribution in [0.1, 0.15) is 12.8 Å². The lowest BCUT2D eigenvalue weighted by Crippen LogP contribution is -2.39. The van der Waals surface area contributed by atoms with Gasteiger partial charge in [0.2, 0.25) is 0 Å². The van der Waals surface area contributed by atoms with Crippen LogP contribution in [0, 0.1) is 18.3 Å². The van der Waals surface area contributed by atoms with E-state index in [1.807, 2.05) is 0 Å². The molecule has 0 aliphatic carbocycles. The minimum absolute atomic E-state index is 0.188. The molecule has 1 fully saturated rings. The maximum atomic E-state index is 9.18. The standard InChI is InChI=1S/C8H13NO/c1-2-3-7-4-8(10)6-9-5-7/h1,7-10H,3-6H2. The Hall–Kier alpha value is -0.520. The van der Waals surface area contributed by atoms with E-state index in [0.29, 0.717) is 5.92 Å². The molecule has 0 spiro atoms. The minimum Gasteiger partial charge on any atom is -0.392 e. The molecule has 0 bridgehead atoms. The highest BCUT2D eigenvalue weighted by Gasteiger charge is 2.18. The van der Waals surface area contributed by atoms with Crippen LogP contribution in [-0.4, -0.2) is 24.3 Å². The number of terminal acetylenes is 1. The van der Waals surface area contributed by atoms with Crippen LogP contribution in [0.5, 0.6) is 0 Å². The van der Waals surface area contributed by atoms with E-state index >= 15 is 0 Å². The fourth-order valence-corrected chi connectivity index (χ4v) is 1.33. The highest BCUT2D eigenvalue weighted by atomic mass is 16.3. The fourth-order valence-electron chi connectivity index (χ4n) is 1.33. The number of aliphatic hydroxyl groups excluding tert-OH is 1. The van der Waals surface area contributed by atoms with Crippen molar-refractivity contribution in [2.45, 2.75) is 18.9 Å². The summed E-state index contributed by atoms with van der Waals surface area (Å²) in [4.78, 5) is 0. The van der Waals surface area contributed by atoms with Crippen LogP contribution in [-0.2, 0) is 0 Å². The van der Waals surface area contributed by atoms with Crippen molar-refractivity contribution in [3.8, 4) is 12.3 Å². The Morgan fingerprint density at radius 3 is 3.00 bits per heavy atom. The lowest BCUT2D eigenvalue weighted by atomic mass is 9.95. The average Bonchev–Trinajstić information content (AvgIpc) is 1.88. The molecule has 2 nitrogen and oxygen atoms in total. The molecule has 0 amide bonds. The summed E-state index contributed by atoms with van der Waals surface area (Å²) in [7, 11) is 0. The van der Waals surface area contributed by atoms with Gasteiger partial charge in [0.05, 0.1) is 6.10 Å². The molecule has 2 heteroatoms. The molecule has 0 aromatic carbocycles.